The van der Waals surface area contributed by atoms with E-state index in [1.165, 1.54) is 37.8 Å². The lowest BCUT2D eigenvalue weighted by Gasteiger charge is -2.32. The number of benzene rings is 1. The molecule has 1 heterocycles. The minimum atomic E-state index is -0.422. The van der Waals surface area contributed by atoms with Crippen molar-refractivity contribution in [3.63, 3.8) is 0 Å². The molecule has 2 atom stereocenters. The molecular formula is C16H24BrNO. The van der Waals surface area contributed by atoms with Gasteiger partial charge in [0.1, 0.15) is 0 Å². The Morgan fingerprint density at radius 2 is 2.16 bits per heavy atom. The average Bonchev–Trinajstić information content (AvgIpc) is 2.63. The maximum atomic E-state index is 9.71. The van der Waals surface area contributed by atoms with Crippen LogP contribution in [0.15, 0.2) is 22.7 Å². The van der Waals surface area contributed by atoms with Gasteiger partial charge in [0.05, 0.1) is 6.10 Å². The number of nitrogens with zero attached hydrogens (tertiary/aromatic N) is 1. The monoisotopic (exact) mass is 325 g/mol. The molecule has 1 saturated heterocycles. The van der Waals surface area contributed by atoms with Crippen molar-refractivity contribution in [3.05, 3.63) is 28.2 Å². The molecule has 0 aromatic heterocycles. The normalized spacial score (nSPS) is 22.1. The van der Waals surface area contributed by atoms with E-state index in [1.807, 2.05) is 6.07 Å². The molecule has 1 aromatic rings. The molecule has 3 heteroatoms. The summed E-state index contributed by atoms with van der Waals surface area (Å²) in [5.41, 5.74) is 2.25. The molecule has 1 fully saturated rings. The van der Waals surface area contributed by atoms with Crippen molar-refractivity contribution in [2.45, 2.75) is 58.1 Å². The maximum Gasteiger partial charge on any atom is 0.0772 e. The van der Waals surface area contributed by atoms with Gasteiger partial charge in [-0.3, -0.25) is 0 Å². The highest BCUT2D eigenvalue weighted by Crippen LogP contribution is 2.31. The first kappa shape index (κ1) is 14.9. The Morgan fingerprint density at radius 1 is 1.37 bits per heavy atom. The Morgan fingerprint density at radius 3 is 2.79 bits per heavy atom. The fourth-order valence-corrected chi connectivity index (χ4v) is 3.67. The third-order valence-electron chi connectivity index (χ3n) is 4.11. The number of anilines is 1. The summed E-state index contributed by atoms with van der Waals surface area (Å²) < 4.78 is 1.01. The lowest BCUT2D eigenvalue weighted by atomic mass is 10.1. The van der Waals surface area contributed by atoms with E-state index in [9.17, 15) is 5.11 Å². The van der Waals surface area contributed by atoms with Crippen LogP contribution in [-0.4, -0.2) is 17.7 Å². The van der Waals surface area contributed by atoms with E-state index < -0.39 is 6.10 Å². The quantitative estimate of drug-likeness (QED) is 0.873. The van der Waals surface area contributed by atoms with Gasteiger partial charge in [-0.2, -0.15) is 0 Å². The number of aliphatic hydroxyl groups excluding tert-OH is 1. The molecule has 0 radical (unpaired) electrons. The van der Waals surface area contributed by atoms with E-state index in [1.54, 1.807) is 6.92 Å². The highest BCUT2D eigenvalue weighted by atomic mass is 79.9. The molecular weight excluding hydrogens is 302 g/mol. The van der Waals surface area contributed by atoms with Gasteiger partial charge in [0, 0.05) is 22.7 Å². The van der Waals surface area contributed by atoms with Crippen LogP contribution >= 0.6 is 15.9 Å². The fourth-order valence-electron chi connectivity index (χ4n) is 2.98. The van der Waals surface area contributed by atoms with Crippen LogP contribution in [0.2, 0.25) is 0 Å². The molecule has 2 rings (SSSR count). The zero-order valence-electron chi connectivity index (χ0n) is 11.9. The van der Waals surface area contributed by atoms with E-state index >= 15 is 0 Å². The van der Waals surface area contributed by atoms with Gasteiger partial charge in [0.2, 0.25) is 0 Å². The molecule has 1 aromatic carbocycles. The van der Waals surface area contributed by atoms with Crippen LogP contribution in [0.1, 0.15) is 57.6 Å². The standard InChI is InChI=1S/C16H24BrNO/c1-3-13-7-5-4-6-10-18(13)14-8-9-15(12(2)19)16(17)11-14/h8-9,11-13,19H,3-7,10H2,1-2H3. The van der Waals surface area contributed by atoms with Gasteiger partial charge in [0.15, 0.2) is 0 Å². The Hall–Kier alpha value is -0.540. The van der Waals surface area contributed by atoms with Gasteiger partial charge < -0.3 is 10.0 Å². The van der Waals surface area contributed by atoms with E-state index in [0.717, 1.165) is 16.6 Å². The lowest BCUT2D eigenvalue weighted by Crippen LogP contribution is -2.34. The summed E-state index contributed by atoms with van der Waals surface area (Å²) in [6, 6.07) is 7.02. The van der Waals surface area contributed by atoms with Crippen molar-refractivity contribution < 1.29 is 5.11 Å². The maximum absolute atomic E-state index is 9.71. The highest BCUT2D eigenvalue weighted by Gasteiger charge is 2.20. The van der Waals surface area contributed by atoms with Crippen LogP contribution in [0.4, 0.5) is 5.69 Å². The molecule has 1 aliphatic heterocycles. The summed E-state index contributed by atoms with van der Waals surface area (Å²) in [5.74, 6) is 0. The highest BCUT2D eigenvalue weighted by molar-refractivity contribution is 9.10. The predicted octanol–water partition coefficient (Wildman–Crippen LogP) is 4.66. The first-order valence-electron chi connectivity index (χ1n) is 7.37. The van der Waals surface area contributed by atoms with Crippen molar-refractivity contribution in [3.8, 4) is 0 Å². The van der Waals surface area contributed by atoms with E-state index in [4.69, 9.17) is 0 Å². The second-order valence-electron chi connectivity index (χ2n) is 5.49. The van der Waals surface area contributed by atoms with E-state index in [0.29, 0.717) is 6.04 Å². The molecule has 0 saturated carbocycles. The van der Waals surface area contributed by atoms with E-state index in [2.05, 4.69) is 39.9 Å². The Bertz CT molecular complexity index is 419. The Labute approximate surface area is 124 Å². The first-order chi connectivity index (χ1) is 9.13. The minimum absolute atomic E-state index is 0.422. The third kappa shape index (κ3) is 3.51. The van der Waals surface area contributed by atoms with Gasteiger partial charge >= 0.3 is 0 Å². The number of aliphatic hydroxyl groups is 1. The largest absolute Gasteiger partial charge is 0.389 e. The van der Waals surface area contributed by atoms with Crippen molar-refractivity contribution in [1.82, 2.24) is 0 Å². The molecule has 1 N–H and O–H groups in total. The number of hydrogen-bond donors (Lipinski definition) is 1. The summed E-state index contributed by atoms with van der Waals surface area (Å²) in [7, 11) is 0. The molecule has 0 spiro atoms. The molecule has 0 amide bonds. The van der Waals surface area contributed by atoms with Gasteiger partial charge in [-0.05, 0) is 43.9 Å². The van der Waals surface area contributed by atoms with Crippen molar-refractivity contribution >= 4 is 21.6 Å². The molecule has 1 aliphatic rings. The van der Waals surface area contributed by atoms with Gasteiger partial charge in [-0.25, -0.2) is 0 Å². The Balaban J connectivity index is 2.26. The van der Waals surface area contributed by atoms with Crippen molar-refractivity contribution in [1.29, 1.82) is 0 Å². The average molecular weight is 326 g/mol. The number of hydrogen-bond acceptors (Lipinski definition) is 2. The summed E-state index contributed by atoms with van der Waals surface area (Å²) in [6.07, 6.45) is 6.06. The summed E-state index contributed by atoms with van der Waals surface area (Å²) >= 11 is 3.59. The predicted molar refractivity (Wildman–Crippen MR) is 84.7 cm³/mol. The fraction of sp³-hybridized carbons (Fsp3) is 0.625. The van der Waals surface area contributed by atoms with Crippen LogP contribution in [0, 0.1) is 0 Å². The second kappa shape index (κ2) is 6.76. The second-order valence-corrected chi connectivity index (χ2v) is 6.34. The third-order valence-corrected chi connectivity index (χ3v) is 4.80. The summed E-state index contributed by atoms with van der Waals surface area (Å²) in [4.78, 5) is 2.55. The zero-order valence-corrected chi connectivity index (χ0v) is 13.5. The van der Waals surface area contributed by atoms with Crippen molar-refractivity contribution in [2.75, 3.05) is 11.4 Å². The van der Waals surface area contributed by atoms with Crippen LogP contribution in [0.3, 0.4) is 0 Å². The van der Waals surface area contributed by atoms with Gasteiger partial charge in [-0.15, -0.1) is 0 Å². The van der Waals surface area contributed by atoms with Gasteiger partial charge in [0.25, 0.3) is 0 Å². The van der Waals surface area contributed by atoms with Crippen LogP contribution in [0.5, 0.6) is 0 Å². The minimum Gasteiger partial charge on any atom is -0.389 e. The smallest absolute Gasteiger partial charge is 0.0772 e. The summed E-state index contributed by atoms with van der Waals surface area (Å²) in [5, 5.41) is 9.71. The van der Waals surface area contributed by atoms with Crippen LogP contribution in [-0.2, 0) is 0 Å². The first-order valence-corrected chi connectivity index (χ1v) is 8.17. The summed E-state index contributed by atoms with van der Waals surface area (Å²) in [6.45, 7) is 5.24. The van der Waals surface area contributed by atoms with Crippen LogP contribution in [0.25, 0.3) is 0 Å². The molecule has 2 nitrogen and oxygen atoms in total. The van der Waals surface area contributed by atoms with Crippen molar-refractivity contribution in [2.24, 2.45) is 0 Å². The lowest BCUT2D eigenvalue weighted by molar-refractivity contribution is 0.198. The molecule has 19 heavy (non-hydrogen) atoms. The molecule has 0 aliphatic carbocycles. The Kier molecular flexibility index (Phi) is 5.28. The van der Waals surface area contributed by atoms with Crippen LogP contribution < -0.4 is 4.90 Å². The SMILES string of the molecule is CCC1CCCCCN1c1ccc(C(C)O)c(Br)c1. The topological polar surface area (TPSA) is 23.5 Å². The van der Waals surface area contributed by atoms with E-state index in [-0.39, 0.29) is 0 Å². The number of halogens is 1. The molecule has 106 valence electrons. The number of rotatable bonds is 3. The zero-order chi connectivity index (χ0) is 13.8. The van der Waals surface area contributed by atoms with Gasteiger partial charge in [-0.1, -0.05) is 41.8 Å². The molecule has 2 unspecified atom stereocenters. The molecule has 0 bridgehead atoms.